The van der Waals surface area contributed by atoms with Crippen LogP contribution in [0.25, 0.3) is 10.9 Å². The molecule has 0 saturated carbocycles. The van der Waals surface area contributed by atoms with Gasteiger partial charge in [0.2, 0.25) is 0 Å². The van der Waals surface area contributed by atoms with E-state index in [9.17, 15) is 0 Å². The highest BCUT2D eigenvalue weighted by molar-refractivity contribution is 6.30. The van der Waals surface area contributed by atoms with Crippen molar-refractivity contribution >= 4 is 22.5 Å². The molecule has 0 amide bonds. The Morgan fingerprint density at radius 3 is 2.42 bits per heavy atom. The second-order valence-corrected chi connectivity index (χ2v) is 7.19. The predicted molar refractivity (Wildman–Crippen MR) is 105 cm³/mol. The molecule has 0 spiro atoms. The monoisotopic (exact) mass is 339 g/mol. The van der Waals surface area contributed by atoms with Crippen LogP contribution in [0, 0.1) is 13.8 Å². The third-order valence-electron chi connectivity index (χ3n) is 4.89. The van der Waals surface area contributed by atoms with Crippen LogP contribution in [0.2, 0.25) is 5.02 Å². The molecular weight excluding hydrogens is 314 g/mol. The highest BCUT2D eigenvalue weighted by Gasteiger charge is 2.14. The average molecular weight is 340 g/mol. The third kappa shape index (κ3) is 3.52. The van der Waals surface area contributed by atoms with Gasteiger partial charge >= 0.3 is 0 Å². The van der Waals surface area contributed by atoms with Crippen molar-refractivity contribution in [1.29, 1.82) is 0 Å². The number of aryl methyl sites for hydroxylation is 2. The number of hydrogen-bond acceptors (Lipinski definition) is 0. The molecule has 0 aliphatic carbocycles. The molecule has 3 rings (SSSR count). The molecule has 24 heavy (non-hydrogen) atoms. The SMILES string of the molecule is CCCCCc1c(C)n(Cc2ccc(Cl)cc2)c2ccc(C)cc12. The molecule has 0 aliphatic rings. The summed E-state index contributed by atoms with van der Waals surface area (Å²) in [4.78, 5) is 0. The molecule has 2 heteroatoms. The molecule has 3 aromatic rings. The van der Waals surface area contributed by atoms with E-state index in [1.165, 1.54) is 59.0 Å². The van der Waals surface area contributed by atoms with Gasteiger partial charge in [-0.05, 0) is 62.1 Å². The predicted octanol–water partition coefficient (Wildman–Crippen LogP) is 6.69. The van der Waals surface area contributed by atoms with Crippen molar-refractivity contribution in [3.8, 4) is 0 Å². The molecule has 1 heterocycles. The van der Waals surface area contributed by atoms with E-state index >= 15 is 0 Å². The van der Waals surface area contributed by atoms with Crippen molar-refractivity contribution in [3.63, 3.8) is 0 Å². The molecule has 126 valence electrons. The smallest absolute Gasteiger partial charge is 0.0488 e. The molecule has 0 bridgehead atoms. The van der Waals surface area contributed by atoms with Gasteiger partial charge in [0.1, 0.15) is 0 Å². The van der Waals surface area contributed by atoms with Gasteiger partial charge in [-0.3, -0.25) is 0 Å². The lowest BCUT2D eigenvalue weighted by Gasteiger charge is -2.09. The number of nitrogens with zero attached hydrogens (tertiary/aromatic N) is 1. The topological polar surface area (TPSA) is 4.93 Å². The van der Waals surface area contributed by atoms with Gasteiger partial charge in [-0.1, -0.05) is 55.1 Å². The lowest BCUT2D eigenvalue weighted by molar-refractivity contribution is 0.710. The summed E-state index contributed by atoms with van der Waals surface area (Å²) in [5.74, 6) is 0. The molecule has 0 N–H and O–H groups in total. The molecule has 2 aromatic carbocycles. The van der Waals surface area contributed by atoms with E-state index in [0.717, 1.165) is 11.6 Å². The largest absolute Gasteiger partial charge is 0.340 e. The van der Waals surface area contributed by atoms with Gasteiger partial charge in [0, 0.05) is 28.2 Å². The lowest BCUT2D eigenvalue weighted by Crippen LogP contribution is -2.02. The van der Waals surface area contributed by atoms with Crippen molar-refractivity contribution in [2.24, 2.45) is 0 Å². The van der Waals surface area contributed by atoms with Gasteiger partial charge in [-0.25, -0.2) is 0 Å². The van der Waals surface area contributed by atoms with Gasteiger partial charge in [0.15, 0.2) is 0 Å². The molecule has 0 aliphatic heterocycles. The van der Waals surface area contributed by atoms with Gasteiger partial charge in [-0.2, -0.15) is 0 Å². The molecule has 0 fully saturated rings. The highest BCUT2D eigenvalue weighted by Crippen LogP contribution is 2.29. The summed E-state index contributed by atoms with van der Waals surface area (Å²) in [6, 6.07) is 15.0. The maximum absolute atomic E-state index is 6.03. The van der Waals surface area contributed by atoms with Crippen LogP contribution in [-0.2, 0) is 13.0 Å². The van der Waals surface area contributed by atoms with E-state index in [1.54, 1.807) is 0 Å². The van der Waals surface area contributed by atoms with Gasteiger partial charge in [0.25, 0.3) is 0 Å². The zero-order chi connectivity index (χ0) is 17.1. The van der Waals surface area contributed by atoms with Gasteiger partial charge < -0.3 is 4.57 Å². The number of fused-ring (bicyclic) bond motifs is 1. The van der Waals surface area contributed by atoms with Crippen molar-refractivity contribution < 1.29 is 0 Å². The maximum Gasteiger partial charge on any atom is 0.0488 e. The third-order valence-corrected chi connectivity index (χ3v) is 5.15. The normalized spacial score (nSPS) is 11.3. The average Bonchev–Trinajstić information content (AvgIpc) is 2.82. The number of halogens is 1. The second kappa shape index (κ2) is 7.44. The highest BCUT2D eigenvalue weighted by atomic mass is 35.5. The molecular formula is C22H26ClN. The zero-order valence-electron chi connectivity index (χ0n) is 14.9. The van der Waals surface area contributed by atoms with E-state index in [0.29, 0.717) is 0 Å². The Kier molecular flexibility index (Phi) is 5.30. The summed E-state index contributed by atoms with van der Waals surface area (Å²) in [5.41, 5.74) is 6.90. The minimum Gasteiger partial charge on any atom is -0.340 e. The van der Waals surface area contributed by atoms with Crippen molar-refractivity contribution in [3.05, 3.63) is 69.9 Å². The minimum atomic E-state index is 0.795. The summed E-state index contributed by atoms with van der Waals surface area (Å²) >= 11 is 6.03. The zero-order valence-corrected chi connectivity index (χ0v) is 15.7. The molecule has 0 radical (unpaired) electrons. The fraction of sp³-hybridized carbons (Fsp3) is 0.364. The molecule has 0 atom stereocenters. The Morgan fingerprint density at radius 1 is 0.958 bits per heavy atom. The summed E-state index contributed by atoms with van der Waals surface area (Å²) in [6.07, 6.45) is 5.01. The van der Waals surface area contributed by atoms with Crippen LogP contribution in [0.4, 0.5) is 0 Å². The first-order valence-electron chi connectivity index (χ1n) is 8.93. The Labute approximate surface area is 150 Å². The molecule has 1 aromatic heterocycles. The van der Waals surface area contributed by atoms with Crippen LogP contribution < -0.4 is 0 Å². The van der Waals surface area contributed by atoms with Crippen LogP contribution in [0.5, 0.6) is 0 Å². The van der Waals surface area contributed by atoms with E-state index < -0.39 is 0 Å². The quantitative estimate of drug-likeness (QED) is 0.441. The fourth-order valence-electron chi connectivity index (χ4n) is 3.51. The standard InChI is InChI=1S/C22H26ClN/c1-4-5-6-7-20-17(3)24(15-18-9-11-19(23)12-10-18)22-13-8-16(2)14-21(20)22/h8-14H,4-7,15H2,1-3H3. The van der Waals surface area contributed by atoms with Crippen molar-refractivity contribution in [1.82, 2.24) is 4.57 Å². The summed E-state index contributed by atoms with van der Waals surface area (Å²) in [6.45, 7) is 7.62. The van der Waals surface area contributed by atoms with Crippen LogP contribution in [0.3, 0.4) is 0 Å². The number of hydrogen-bond donors (Lipinski definition) is 0. The summed E-state index contributed by atoms with van der Waals surface area (Å²) in [7, 11) is 0. The molecule has 0 saturated heterocycles. The van der Waals surface area contributed by atoms with Crippen molar-refractivity contribution in [2.45, 2.75) is 53.0 Å². The number of aromatic nitrogens is 1. The Morgan fingerprint density at radius 2 is 1.71 bits per heavy atom. The second-order valence-electron chi connectivity index (χ2n) is 6.75. The van der Waals surface area contributed by atoms with Gasteiger partial charge in [0.05, 0.1) is 0 Å². The molecule has 0 unspecified atom stereocenters. The van der Waals surface area contributed by atoms with Crippen LogP contribution in [0.1, 0.15) is 48.6 Å². The lowest BCUT2D eigenvalue weighted by atomic mass is 10.0. The summed E-state index contributed by atoms with van der Waals surface area (Å²) < 4.78 is 2.46. The fourth-order valence-corrected chi connectivity index (χ4v) is 3.63. The first-order chi connectivity index (χ1) is 11.6. The Bertz CT molecular complexity index is 827. The Balaban J connectivity index is 2.03. The van der Waals surface area contributed by atoms with Gasteiger partial charge in [-0.15, -0.1) is 0 Å². The van der Waals surface area contributed by atoms with Crippen LogP contribution in [0.15, 0.2) is 42.5 Å². The van der Waals surface area contributed by atoms with E-state index in [-0.39, 0.29) is 0 Å². The van der Waals surface area contributed by atoms with Crippen LogP contribution >= 0.6 is 11.6 Å². The minimum absolute atomic E-state index is 0.795. The summed E-state index contributed by atoms with van der Waals surface area (Å²) in [5, 5.41) is 2.22. The van der Waals surface area contributed by atoms with E-state index in [2.05, 4.69) is 55.7 Å². The number of rotatable bonds is 6. The number of unbranched alkanes of at least 4 members (excludes halogenated alkanes) is 2. The molecule has 1 nitrogen and oxygen atoms in total. The van der Waals surface area contributed by atoms with E-state index in [1.807, 2.05) is 12.1 Å². The Hall–Kier alpha value is -1.73. The first-order valence-corrected chi connectivity index (χ1v) is 9.30. The van der Waals surface area contributed by atoms with E-state index in [4.69, 9.17) is 11.6 Å². The first kappa shape index (κ1) is 17.1. The van der Waals surface area contributed by atoms with Crippen LogP contribution in [-0.4, -0.2) is 4.57 Å². The van der Waals surface area contributed by atoms with Crippen molar-refractivity contribution in [2.75, 3.05) is 0 Å². The maximum atomic E-state index is 6.03. The number of benzene rings is 2.